The molecule has 8 heteroatoms. The summed E-state index contributed by atoms with van der Waals surface area (Å²) in [6.45, 7) is 0.458. The summed E-state index contributed by atoms with van der Waals surface area (Å²) in [6.07, 6.45) is 0.802. The number of nitrogens with zero attached hydrogens (tertiary/aromatic N) is 2. The smallest absolute Gasteiger partial charge is 0.221 e. The Morgan fingerprint density at radius 1 is 1.22 bits per heavy atom. The zero-order chi connectivity index (χ0) is 17.8. The highest BCUT2D eigenvalue weighted by Gasteiger charge is 2.12. The molecule has 3 N–H and O–H groups in total. The summed E-state index contributed by atoms with van der Waals surface area (Å²) in [5.41, 5.74) is 8.48. The van der Waals surface area contributed by atoms with Crippen molar-refractivity contribution in [2.45, 2.75) is 18.9 Å². The van der Waals surface area contributed by atoms with Crippen LogP contribution < -0.4 is 11.1 Å². The molecule has 3 aromatic rings. The van der Waals surface area contributed by atoms with Gasteiger partial charge in [-0.15, -0.1) is 24.8 Å². The number of amides is 1. The van der Waals surface area contributed by atoms with Crippen LogP contribution in [0.3, 0.4) is 0 Å². The number of carbonyl (C=O) groups is 1. The summed E-state index contributed by atoms with van der Waals surface area (Å²) >= 11 is 0. The molecule has 1 atom stereocenters. The number of aryl methyl sites for hydroxylation is 1. The molecule has 1 aromatic heterocycles. The fraction of sp³-hybridized carbons (Fsp3) is 0.263. The molecule has 0 aliphatic carbocycles. The number of carbonyl (C=O) groups excluding carboxylic acids is 1. The van der Waals surface area contributed by atoms with E-state index in [1.165, 1.54) is 12.1 Å². The third-order valence-electron chi connectivity index (χ3n) is 4.24. The molecule has 1 unspecified atom stereocenters. The SMILES string of the molecule is Cl.Cl.Cn1c(CCNC(=O)CC(N)c2ccccc2)nc2ccc(F)cc21. The first-order valence-corrected chi connectivity index (χ1v) is 8.22. The van der Waals surface area contributed by atoms with E-state index in [0.717, 1.165) is 22.4 Å². The van der Waals surface area contributed by atoms with Crippen molar-refractivity contribution in [3.8, 4) is 0 Å². The van der Waals surface area contributed by atoms with Crippen LogP contribution in [0.25, 0.3) is 11.0 Å². The summed E-state index contributed by atoms with van der Waals surface area (Å²) in [7, 11) is 1.84. The average molecular weight is 413 g/mol. The zero-order valence-corrected chi connectivity index (χ0v) is 16.5. The molecule has 1 amide bonds. The van der Waals surface area contributed by atoms with E-state index < -0.39 is 0 Å². The van der Waals surface area contributed by atoms with Gasteiger partial charge in [-0.2, -0.15) is 0 Å². The summed E-state index contributed by atoms with van der Waals surface area (Å²) < 4.78 is 15.2. The zero-order valence-electron chi connectivity index (χ0n) is 14.9. The van der Waals surface area contributed by atoms with Crippen LogP contribution in [-0.2, 0) is 18.3 Å². The van der Waals surface area contributed by atoms with Crippen LogP contribution in [0.15, 0.2) is 48.5 Å². The van der Waals surface area contributed by atoms with Gasteiger partial charge in [0.1, 0.15) is 11.6 Å². The van der Waals surface area contributed by atoms with Gasteiger partial charge in [0.25, 0.3) is 0 Å². The molecule has 0 saturated heterocycles. The Labute approximate surface area is 170 Å². The summed E-state index contributed by atoms with van der Waals surface area (Å²) in [5.74, 6) is 0.416. The van der Waals surface area contributed by atoms with Crippen molar-refractivity contribution in [1.29, 1.82) is 0 Å². The van der Waals surface area contributed by atoms with Crippen molar-refractivity contribution < 1.29 is 9.18 Å². The van der Waals surface area contributed by atoms with Gasteiger partial charge in [0, 0.05) is 32.5 Å². The van der Waals surface area contributed by atoms with E-state index in [1.54, 1.807) is 6.07 Å². The monoisotopic (exact) mass is 412 g/mol. The molecule has 0 fully saturated rings. The number of nitrogens with two attached hydrogens (primary N) is 1. The summed E-state index contributed by atoms with van der Waals surface area (Å²) in [4.78, 5) is 16.5. The minimum atomic E-state index is -0.320. The van der Waals surface area contributed by atoms with Crippen molar-refractivity contribution in [2.24, 2.45) is 12.8 Å². The highest BCUT2D eigenvalue weighted by atomic mass is 35.5. The predicted octanol–water partition coefficient (Wildman–Crippen LogP) is 3.30. The lowest BCUT2D eigenvalue weighted by Gasteiger charge is -2.12. The molecule has 0 bridgehead atoms. The van der Waals surface area contributed by atoms with E-state index >= 15 is 0 Å². The molecule has 0 radical (unpaired) electrons. The fourth-order valence-electron chi connectivity index (χ4n) is 2.84. The molecule has 0 aliphatic rings. The Hall–Kier alpha value is -2.15. The van der Waals surface area contributed by atoms with Crippen LogP contribution in [0.4, 0.5) is 4.39 Å². The van der Waals surface area contributed by atoms with Gasteiger partial charge in [-0.05, 0) is 23.8 Å². The average Bonchev–Trinajstić information content (AvgIpc) is 2.91. The quantitative estimate of drug-likeness (QED) is 0.651. The number of aromatic nitrogens is 2. The molecular weight excluding hydrogens is 390 g/mol. The summed E-state index contributed by atoms with van der Waals surface area (Å²) in [5, 5.41) is 2.87. The van der Waals surface area contributed by atoms with Crippen LogP contribution >= 0.6 is 24.8 Å². The molecule has 3 rings (SSSR count). The van der Waals surface area contributed by atoms with Gasteiger partial charge in [-0.3, -0.25) is 4.79 Å². The normalized spacial score (nSPS) is 11.4. The predicted molar refractivity (Wildman–Crippen MR) is 110 cm³/mol. The van der Waals surface area contributed by atoms with Crippen molar-refractivity contribution in [3.63, 3.8) is 0 Å². The number of imidazole rings is 1. The second kappa shape index (κ2) is 10.3. The second-order valence-corrected chi connectivity index (χ2v) is 6.04. The van der Waals surface area contributed by atoms with Crippen molar-refractivity contribution >= 4 is 41.8 Å². The van der Waals surface area contributed by atoms with E-state index in [-0.39, 0.29) is 49.0 Å². The Morgan fingerprint density at radius 3 is 2.63 bits per heavy atom. The van der Waals surface area contributed by atoms with Crippen LogP contribution in [0, 0.1) is 5.82 Å². The van der Waals surface area contributed by atoms with Crippen LogP contribution in [0.1, 0.15) is 23.9 Å². The number of hydrogen-bond acceptors (Lipinski definition) is 3. The Balaban J connectivity index is 0.00000182. The molecule has 0 saturated carbocycles. The lowest BCUT2D eigenvalue weighted by molar-refractivity contribution is -0.121. The van der Waals surface area contributed by atoms with E-state index in [0.29, 0.717) is 13.0 Å². The van der Waals surface area contributed by atoms with Crippen LogP contribution in [-0.4, -0.2) is 22.0 Å². The number of benzene rings is 2. The molecule has 2 aromatic carbocycles. The van der Waals surface area contributed by atoms with Crippen molar-refractivity contribution in [2.75, 3.05) is 6.54 Å². The first-order chi connectivity index (χ1) is 12.0. The molecule has 5 nitrogen and oxygen atoms in total. The van der Waals surface area contributed by atoms with E-state index in [4.69, 9.17) is 5.73 Å². The highest BCUT2D eigenvalue weighted by molar-refractivity contribution is 5.85. The van der Waals surface area contributed by atoms with Gasteiger partial charge in [-0.1, -0.05) is 30.3 Å². The Kier molecular flexibility index (Phi) is 8.69. The Bertz CT molecular complexity index is 886. The maximum Gasteiger partial charge on any atom is 0.221 e. The minimum absolute atomic E-state index is 0. The largest absolute Gasteiger partial charge is 0.356 e. The van der Waals surface area contributed by atoms with E-state index in [1.807, 2.05) is 41.9 Å². The molecule has 27 heavy (non-hydrogen) atoms. The maximum absolute atomic E-state index is 13.3. The number of hydrogen-bond donors (Lipinski definition) is 2. The first-order valence-electron chi connectivity index (χ1n) is 8.22. The molecule has 146 valence electrons. The van der Waals surface area contributed by atoms with Crippen LogP contribution in [0.2, 0.25) is 0 Å². The van der Waals surface area contributed by atoms with Crippen LogP contribution in [0.5, 0.6) is 0 Å². The first kappa shape index (κ1) is 22.9. The molecular formula is C19H23Cl2FN4O. The Morgan fingerprint density at radius 2 is 1.93 bits per heavy atom. The second-order valence-electron chi connectivity index (χ2n) is 6.04. The topological polar surface area (TPSA) is 72.9 Å². The minimum Gasteiger partial charge on any atom is -0.356 e. The number of nitrogens with one attached hydrogen (secondary N) is 1. The maximum atomic E-state index is 13.3. The van der Waals surface area contributed by atoms with Gasteiger partial charge in [0.2, 0.25) is 5.91 Å². The van der Waals surface area contributed by atoms with Gasteiger partial charge in [-0.25, -0.2) is 9.37 Å². The fourth-order valence-corrected chi connectivity index (χ4v) is 2.84. The molecule has 0 aliphatic heterocycles. The standard InChI is InChI=1S/C19H21FN4O.2ClH/c1-24-17-11-14(20)7-8-16(17)23-18(24)9-10-22-19(25)12-15(21)13-5-3-2-4-6-13;;/h2-8,11,15H,9-10,12,21H2,1H3,(H,22,25);2*1H. The van der Waals surface area contributed by atoms with E-state index in [9.17, 15) is 9.18 Å². The summed E-state index contributed by atoms with van der Waals surface area (Å²) in [6, 6.07) is 13.7. The third-order valence-corrected chi connectivity index (χ3v) is 4.24. The van der Waals surface area contributed by atoms with Gasteiger partial charge < -0.3 is 15.6 Å². The lowest BCUT2D eigenvalue weighted by Crippen LogP contribution is -2.29. The number of halogens is 3. The highest BCUT2D eigenvalue weighted by Crippen LogP contribution is 2.16. The van der Waals surface area contributed by atoms with E-state index in [2.05, 4.69) is 10.3 Å². The number of fused-ring (bicyclic) bond motifs is 1. The van der Waals surface area contributed by atoms with Crippen molar-refractivity contribution in [1.82, 2.24) is 14.9 Å². The molecule has 0 spiro atoms. The van der Waals surface area contributed by atoms with Crippen molar-refractivity contribution in [3.05, 3.63) is 65.7 Å². The molecule has 1 heterocycles. The van der Waals surface area contributed by atoms with Gasteiger partial charge >= 0.3 is 0 Å². The third kappa shape index (κ3) is 5.66. The lowest BCUT2D eigenvalue weighted by atomic mass is 10.0. The van der Waals surface area contributed by atoms with Gasteiger partial charge in [0.15, 0.2) is 0 Å². The number of rotatable bonds is 6. The van der Waals surface area contributed by atoms with Gasteiger partial charge in [0.05, 0.1) is 11.0 Å².